The zero-order valence-corrected chi connectivity index (χ0v) is 16.2. The Morgan fingerprint density at radius 2 is 1.80 bits per heavy atom. The van der Waals surface area contributed by atoms with Crippen LogP contribution in [0.5, 0.6) is 0 Å². The van der Waals surface area contributed by atoms with Gasteiger partial charge in [-0.25, -0.2) is 9.79 Å². The standard InChI is InChI=1S/C18H23N3O3S/c1-11-15(12(2)22)25-16(21(11)6)19-13-7-9-14(10-8-13)20-17(23)24-18(3,4)5/h7-10H,1-6H3,(H,20,23)/b19-16-. The molecule has 0 saturated carbocycles. The van der Waals surface area contributed by atoms with E-state index in [-0.39, 0.29) is 5.78 Å². The van der Waals surface area contributed by atoms with Gasteiger partial charge in [-0.05, 0) is 52.0 Å². The Bertz CT molecular complexity index is 855. The Morgan fingerprint density at radius 1 is 1.20 bits per heavy atom. The fourth-order valence-electron chi connectivity index (χ4n) is 2.11. The molecule has 1 aromatic carbocycles. The number of hydrogen-bond donors (Lipinski definition) is 1. The molecule has 6 nitrogen and oxygen atoms in total. The summed E-state index contributed by atoms with van der Waals surface area (Å²) in [4.78, 5) is 29.4. The molecule has 134 valence electrons. The fourth-order valence-corrected chi connectivity index (χ4v) is 3.14. The molecule has 1 aromatic heterocycles. The van der Waals surface area contributed by atoms with Gasteiger partial charge in [0.2, 0.25) is 0 Å². The van der Waals surface area contributed by atoms with E-state index >= 15 is 0 Å². The molecule has 2 rings (SSSR count). The summed E-state index contributed by atoms with van der Waals surface area (Å²) in [5.41, 5.74) is 1.73. The van der Waals surface area contributed by atoms with Crippen LogP contribution in [-0.4, -0.2) is 22.0 Å². The van der Waals surface area contributed by atoms with Gasteiger partial charge in [0.15, 0.2) is 10.6 Å². The topological polar surface area (TPSA) is 72.7 Å². The van der Waals surface area contributed by atoms with Crippen molar-refractivity contribution in [1.82, 2.24) is 4.57 Å². The average molecular weight is 361 g/mol. The lowest BCUT2D eigenvalue weighted by Crippen LogP contribution is -2.27. The lowest BCUT2D eigenvalue weighted by atomic mass is 10.2. The maximum atomic E-state index is 11.8. The van der Waals surface area contributed by atoms with Crippen LogP contribution < -0.4 is 10.1 Å². The third-order valence-corrected chi connectivity index (χ3v) is 4.70. The van der Waals surface area contributed by atoms with Gasteiger partial charge in [-0.2, -0.15) is 0 Å². The molecule has 1 amide bonds. The van der Waals surface area contributed by atoms with Gasteiger partial charge in [0.25, 0.3) is 0 Å². The summed E-state index contributed by atoms with van der Waals surface area (Å²) in [5.74, 6) is 0.0384. The summed E-state index contributed by atoms with van der Waals surface area (Å²) in [6.45, 7) is 8.90. The van der Waals surface area contributed by atoms with Crippen molar-refractivity contribution >= 4 is 34.6 Å². The Kier molecular flexibility index (Phi) is 5.47. The quantitative estimate of drug-likeness (QED) is 0.834. The summed E-state index contributed by atoms with van der Waals surface area (Å²) in [6.07, 6.45) is -0.497. The second-order valence-corrected chi connectivity index (χ2v) is 7.68. The molecule has 0 aliphatic heterocycles. The number of benzene rings is 1. The van der Waals surface area contributed by atoms with Crippen LogP contribution in [0.2, 0.25) is 0 Å². The highest BCUT2D eigenvalue weighted by Gasteiger charge is 2.16. The largest absolute Gasteiger partial charge is 0.444 e. The Labute approximate surface area is 151 Å². The molecule has 0 saturated heterocycles. The van der Waals surface area contributed by atoms with E-state index in [2.05, 4.69) is 10.3 Å². The van der Waals surface area contributed by atoms with Crippen LogP contribution in [0.3, 0.4) is 0 Å². The molecule has 0 fully saturated rings. The number of carbonyl (C=O) groups is 2. The van der Waals surface area contributed by atoms with Crippen LogP contribution in [-0.2, 0) is 11.8 Å². The molecule has 2 aromatic rings. The van der Waals surface area contributed by atoms with E-state index in [1.807, 2.05) is 39.3 Å². The van der Waals surface area contributed by atoms with E-state index < -0.39 is 11.7 Å². The first-order valence-corrected chi connectivity index (χ1v) is 8.70. The third kappa shape index (κ3) is 5.03. The number of hydrogen-bond acceptors (Lipinski definition) is 5. The van der Waals surface area contributed by atoms with Crippen LogP contribution in [0.1, 0.15) is 43.1 Å². The van der Waals surface area contributed by atoms with Gasteiger partial charge in [-0.15, -0.1) is 0 Å². The minimum absolute atomic E-state index is 0.0384. The van der Waals surface area contributed by atoms with Crippen LogP contribution in [0.4, 0.5) is 16.2 Å². The van der Waals surface area contributed by atoms with Crippen molar-refractivity contribution < 1.29 is 14.3 Å². The van der Waals surface area contributed by atoms with E-state index in [0.717, 1.165) is 16.2 Å². The van der Waals surface area contributed by atoms with Crippen molar-refractivity contribution in [2.75, 3.05) is 5.32 Å². The maximum absolute atomic E-state index is 11.8. The van der Waals surface area contributed by atoms with Gasteiger partial charge in [-0.3, -0.25) is 10.1 Å². The molecule has 0 unspecified atom stereocenters. The number of Topliss-reactive ketones (excluding diaryl/α,β-unsaturated/α-hetero) is 1. The number of ketones is 1. The smallest absolute Gasteiger partial charge is 0.412 e. The van der Waals surface area contributed by atoms with Crippen LogP contribution >= 0.6 is 11.3 Å². The van der Waals surface area contributed by atoms with Crippen LogP contribution in [0.25, 0.3) is 0 Å². The van der Waals surface area contributed by atoms with E-state index in [9.17, 15) is 9.59 Å². The van der Waals surface area contributed by atoms with Crippen molar-refractivity contribution in [2.45, 2.75) is 40.2 Å². The summed E-state index contributed by atoms with van der Waals surface area (Å²) >= 11 is 1.37. The number of anilines is 1. The molecule has 1 heterocycles. The predicted octanol–water partition coefficient (Wildman–Crippen LogP) is 4.18. The highest BCUT2D eigenvalue weighted by Crippen LogP contribution is 2.18. The predicted molar refractivity (Wildman–Crippen MR) is 99.6 cm³/mol. The SMILES string of the molecule is CC(=O)c1s/c(=N\c2ccc(NC(=O)OC(C)(C)C)cc2)n(C)c1C. The number of amides is 1. The van der Waals surface area contributed by atoms with E-state index in [1.54, 1.807) is 31.2 Å². The summed E-state index contributed by atoms with van der Waals surface area (Å²) in [5, 5.41) is 2.68. The number of nitrogens with one attached hydrogen (secondary N) is 1. The second kappa shape index (κ2) is 7.23. The van der Waals surface area contributed by atoms with Crippen LogP contribution in [0.15, 0.2) is 29.3 Å². The van der Waals surface area contributed by atoms with E-state index in [1.165, 1.54) is 11.3 Å². The molecule has 0 atom stereocenters. The molecule has 25 heavy (non-hydrogen) atoms. The molecular formula is C18H23N3O3S. The lowest BCUT2D eigenvalue weighted by molar-refractivity contribution is 0.0635. The molecule has 7 heteroatoms. The number of rotatable bonds is 3. The zero-order chi connectivity index (χ0) is 18.8. The molecular weight excluding hydrogens is 338 g/mol. The zero-order valence-electron chi connectivity index (χ0n) is 15.3. The average Bonchev–Trinajstić information content (AvgIpc) is 2.76. The molecule has 0 spiro atoms. The van der Waals surface area contributed by atoms with Crippen molar-refractivity contribution in [2.24, 2.45) is 12.0 Å². The number of ether oxygens (including phenoxy) is 1. The van der Waals surface area contributed by atoms with Crippen LogP contribution in [0, 0.1) is 6.92 Å². The number of aromatic nitrogens is 1. The van der Waals surface area contributed by atoms with Crippen molar-refractivity contribution in [3.8, 4) is 0 Å². The van der Waals surface area contributed by atoms with Crippen molar-refractivity contribution in [3.63, 3.8) is 0 Å². The fraction of sp³-hybridized carbons (Fsp3) is 0.389. The first kappa shape index (κ1) is 18.9. The molecule has 0 bridgehead atoms. The first-order chi connectivity index (χ1) is 11.6. The summed E-state index contributed by atoms with van der Waals surface area (Å²) < 4.78 is 7.11. The van der Waals surface area contributed by atoms with Gasteiger partial charge in [0.05, 0.1) is 10.6 Å². The van der Waals surface area contributed by atoms with Crippen molar-refractivity contribution in [3.05, 3.63) is 39.6 Å². The van der Waals surface area contributed by atoms with E-state index in [0.29, 0.717) is 10.6 Å². The highest BCUT2D eigenvalue weighted by atomic mass is 32.1. The third-order valence-electron chi connectivity index (χ3n) is 3.37. The van der Waals surface area contributed by atoms with E-state index in [4.69, 9.17) is 4.74 Å². The monoisotopic (exact) mass is 361 g/mol. The van der Waals surface area contributed by atoms with Gasteiger partial charge in [0.1, 0.15) is 5.60 Å². The van der Waals surface area contributed by atoms with Gasteiger partial charge in [0, 0.05) is 25.4 Å². The normalized spacial score (nSPS) is 12.2. The Hall–Kier alpha value is -2.41. The summed E-state index contributed by atoms with van der Waals surface area (Å²) in [6, 6.07) is 7.12. The van der Waals surface area contributed by atoms with Gasteiger partial charge >= 0.3 is 6.09 Å². The Morgan fingerprint density at radius 3 is 2.28 bits per heavy atom. The van der Waals surface area contributed by atoms with Gasteiger partial charge < -0.3 is 9.30 Å². The number of thiazole rings is 1. The highest BCUT2D eigenvalue weighted by molar-refractivity contribution is 7.11. The first-order valence-electron chi connectivity index (χ1n) is 7.89. The Balaban J connectivity index is 2.20. The maximum Gasteiger partial charge on any atom is 0.412 e. The molecule has 0 aliphatic rings. The minimum atomic E-state index is -0.542. The van der Waals surface area contributed by atoms with Gasteiger partial charge in [-0.1, -0.05) is 11.3 Å². The summed E-state index contributed by atoms with van der Waals surface area (Å²) in [7, 11) is 1.88. The molecule has 0 aliphatic carbocycles. The molecule has 0 radical (unpaired) electrons. The number of carbonyl (C=O) groups excluding carboxylic acids is 2. The second-order valence-electron chi connectivity index (χ2n) is 6.70. The van der Waals surface area contributed by atoms with Crippen molar-refractivity contribution in [1.29, 1.82) is 0 Å². The number of nitrogens with zero attached hydrogens (tertiary/aromatic N) is 2. The lowest BCUT2D eigenvalue weighted by Gasteiger charge is -2.19. The molecule has 1 N–H and O–H groups in total. The minimum Gasteiger partial charge on any atom is -0.444 e.